The van der Waals surface area contributed by atoms with E-state index in [2.05, 4.69) is 15.7 Å². The van der Waals surface area contributed by atoms with Gasteiger partial charge in [0.15, 0.2) is 5.82 Å². The Bertz CT molecular complexity index is 648. The zero-order valence-electron chi connectivity index (χ0n) is 12.1. The van der Waals surface area contributed by atoms with E-state index in [-0.39, 0.29) is 6.54 Å². The highest BCUT2D eigenvalue weighted by Crippen LogP contribution is 2.19. The monoisotopic (exact) mass is 310 g/mol. The number of carbonyl (C=O) groups is 1. The number of nitrogens with one attached hydrogen (secondary N) is 2. The van der Waals surface area contributed by atoms with Gasteiger partial charge in [0.2, 0.25) is 0 Å². The van der Waals surface area contributed by atoms with Gasteiger partial charge in [0.1, 0.15) is 17.7 Å². The lowest BCUT2D eigenvalue weighted by Gasteiger charge is -2.13. The second kappa shape index (κ2) is 6.52. The van der Waals surface area contributed by atoms with Gasteiger partial charge in [0, 0.05) is 25.4 Å². The van der Waals surface area contributed by atoms with E-state index in [0.717, 1.165) is 17.8 Å². The van der Waals surface area contributed by atoms with E-state index < -0.39 is 29.3 Å². The van der Waals surface area contributed by atoms with Gasteiger partial charge >= 0.3 is 6.03 Å². The van der Waals surface area contributed by atoms with Gasteiger partial charge in [0.25, 0.3) is 0 Å². The van der Waals surface area contributed by atoms with E-state index in [9.17, 15) is 18.7 Å². The molecule has 0 saturated carbocycles. The maximum Gasteiger partial charge on any atom is 0.320 e. The second-order valence-corrected chi connectivity index (χ2v) is 4.78. The number of hydrogen-bond acceptors (Lipinski definition) is 3. The van der Waals surface area contributed by atoms with Gasteiger partial charge in [-0.2, -0.15) is 5.10 Å². The van der Waals surface area contributed by atoms with E-state index in [1.807, 2.05) is 6.92 Å². The molecule has 1 aromatic heterocycles. The molecule has 2 aromatic rings. The Labute approximate surface area is 125 Å². The minimum absolute atomic E-state index is 0.337. The fraction of sp³-hybridized carbons (Fsp3) is 0.286. The molecule has 22 heavy (non-hydrogen) atoms. The third-order valence-electron chi connectivity index (χ3n) is 3.14. The fourth-order valence-corrected chi connectivity index (χ4v) is 1.90. The summed E-state index contributed by atoms with van der Waals surface area (Å²) in [6.07, 6.45) is -1.49. The van der Waals surface area contributed by atoms with Crippen LogP contribution in [-0.4, -0.2) is 27.5 Å². The standard InChI is InChI=1S/C14H16F2N4O2/c1-8-6-12(19-20(8)2)18-14(22)17-7-11(21)13-9(15)4-3-5-10(13)16/h3-6,11,21H,7H2,1-2H3,(H2,17,18,19,22). The molecule has 0 aliphatic rings. The molecule has 0 fully saturated rings. The molecule has 1 atom stereocenters. The highest BCUT2D eigenvalue weighted by molar-refractivity contribution is 5.88. The van der Waals surface area contributed by atoms with Gasteiger partial charge in [-0.25, -0.2) is 13.6 Å². The number of aryl methyl sites for hydroxylation is 2. The smallest absolute Gasteiger partial charge is 0.320 e. The Morgan fingerprint density at radius 1 is 1.41 bits per heavy atom. The predicted octanol–water partition coefficient (Wildman–Crippen LogP) is 1.86. The minimum Gasteiger partial charge on any atom is -0.386 e. The third-order valence-corrected chi connectivity index (χ3v) is 3.14. The lowest BCUT2D eigenvalue weighted by atomic mass is 10.1. The van der Waals surface area contributed by atoms with Crippen molar-refractivity contribution in [2.24, 2.45) is 7.05 Å². The summed E-state index contributed by atoms with van der Waals surface area (Å²) in [6.45, 7) is 1.48. The number of carbonyl (C=O) groups excluding carboxylic acids is 1. The summed E-state index contributed by atoms with van der Waals surface area (Å²) in [5, 5.41) is 18.6. The van der Waals surface area contributed by atoms with Crippen LogP contribution in [0, 0.1) is 18.6 Å². The van der Waals surface area contributed by atoms with Gasteiger partial charge in [-0.15, -0.1) is 0 Å². The molecule has 2 rings (SSSR count). The van der Waals surface area contributed by atoms with E-state index in [0.29, 0.717) is 5.82 Å². The van der Waals surface area contributed by atoms with E-state index in [1.165, 1.54) is 6.07 Å². The van der Waals surface area contributed by atoms with Crippen molar-refractivity contribution in [3.8, 4) is 0 Å². The van der Waals surface area contributed by atoms with E-state index in [1.54, 1.807) is 17.8 Å². The summed E-state index contributed by atoms with van der Waals surface area (Å²) in [7, 11) is 1.73. The molecule has 1 aromatic carbocycles. The summed E-state index contributed by atoms with van der Waals surface area (Å²) in [5.41, 5.74) is 0.375. The number of rotatable bonds is 4. The van der Waals surface area contributed by atoms with Crippen molar-refractivity contribution in [3.63, 3.8) is 0 Å². The highest BCUT2D eigenvalue weighted by atomic mass is 19.1. The van der Waals surface area contributed by atoms with E-state index >= 15 is 0 Å². The first kappa shape index (κ1) is 15.9. The summed E-state index contributed by atoms with van der Waals surface area (Å²) in [6, 6.07) is 4.31. The van der Waals surface area contributed by atoms with Crippen LogP contribution >= 0.6 is 0 Å². The average Bonchev–Trinajstić information content (AvgIpc) is 2.74. The van der Waals surface area contributed by atoms with Crippen LogP contribution in [0.15, 0.2) is 24.3 Å². The van der Waals surface area contributed by atoms with Crippen molar-refractivity contribution in [3.05, 3.63) is 47.2 Å². The van der Waals surface area contributed by atoms with Crippen LogP contribution in [0.5, 0.6) is 0 Å². The number of urea groups is 1. The maximum atomic E-state index is 13.5. The Balaban J connectivity index is 1.93. The third kappa shape index (κ3) is 3.59. The number of aliphatic hydroxyl groups is 1. The number of aliphatic hydroxyl groups excluding tert-OH is 1. The number of anilines is 1. The van der Waals surface area contributed by atoms with Crippen LogP contribution in [-0.2, 0) is 7.05 Å². The van der Waals surface area contributed by atoms with Crippen LogP contribution in [0.2, 0.25) is 0 Å². The molecule has 1 heterocycles. The zero-order valence-corrected chi connectivity index (χ0v) is 12.1. The normalized spacial score (nSPS) is 12.0. The molecule has 0 aliphatic carbocycles. The highest BCUT2D eigenvalue weighted by Gasteiger charge is 2.18. The van der Waals surface area contributed by atoms with Gasteiger partial charge in [-0.05, 0) is 19.1 Å². The summed E-state index contributed by atoms with van der Waals surface area (Å²) in [4.78, 5) is 11.7. The average molecular weight is 310 g/mol. The number of halogens is 2. The molecule has 0 aliphatic heterocycles. The molecular formula is C14H16F2N4O2. The summed E-state index contributed by atoms with van der Waals surface area (Å²) >= 11 is 0. The topological polar surface area (TPSA) is 79.2 Å². The quantitative estimate of drug-likeness (QED) is 0.806. The Hall–Kier alpha value is -2.48. The van der Waals surface area contributed by atoms with Crippen molar-refractivity contribution >= 4 is 11.8 Å². The van der Waals surface area contributed by atoms with Crippen LogP contribution < -0.4 is 10.6 Å². The Morgan fingerprint density at radius 3 is 2.59 bits per heavy atom. The van der Waals surface area contributed by atoms with Gasteiger partial charge in [-0.3, -0.25) is 10.00 Å². The predicted molar refractivity (Wildman–Crippen MR) is 76.3 cm³/mol. The van der Waals surface area contributed by atoms with Crippen molar-refractivity contribution in [1.29, 1.82) is 0 Å². The van der Waals surface area contributed by atoms with Crippen LogP contribution in [0.1, 0.15) is 17.4 Å². The number of amides is 2. The van der Waals surface area contributed by atoms with Crippen LogP contribution in [0.4, 0.5) is 19.4 Å². The first-order chi connectivity index (χ1) is 10.4. The molecule has 0 spiro atoms. The SMILES string of the molecule is Cc1cc(NC(=O)NCC(O)c2c(F)cccc2F)nn1C. The Kier molecular flexibility index (Phi) is 4.71. The lowest BCUT2D eigenvalue weighted by molar-refractivity contribution is 0.166. The maximum absolute atomic E-state index is 13.5. The number of benzene rings is 1. The lowest BCUT2D eigenvalue weighted by Crippen LogP contribution is -2.33. The Morgan fingerprint density at radius 2 is 2.05 bits per heavy atom. The van der Waals surface area contributed by atoms with Gasteiger partial charge in [-0.1, -0.05) is 6.07 Å². The molecule has 0 saturated heterocycles. The zero-order chi connectivity index (χ0) is 16.3. The summed E-state index contributed by atoms with van der Waals surface area (Å²) < 4.78 is 28.5. The molecular weight excluding hydrogens is 294 g/mol. The molecule has 0 bridgehead atoms. The first-order valence-electron chi connectivity index (χ1n) is 6.56. The molecule has 0 radical (unpaired) electrons. The molecule has 1 unspecified atom stereocenters. The molecule has 3 N–H and O–H groups in total. The molecule has 2 amide bonds. The first-order valence-corrected chi connectivity index (χ1v) is 6.56. The van der Waals surface area contributed by atoms with Crippen LogP contribution in [0.25, 0.3) is 0 Å². The molecule has 8 heteroatoms. The fourth-order valence-electron chi connectivity index (χ4n) is 1.90. The van der Waals surface area contributed by atoms with Crippen molar-refractivity contribution in [1.82, 2.24) is 15.1 Å². The second-order valence-electron chi connectivity index (χ2n) is 4.78. The van der Waals surface area contributed by atoms with Gasteiger partial charge < -0.3 is 10.4 Å². The van der Waals surface area contributed by atoms with Crippen molar-refractivity contribution in [2.75, 3.05) is 11.9 Å². The van der Waals surface area contributed by atoms with Gasteiger partial charge in [0.05, 0.1) is 5.56 Å². The molecule has 118 valence electrons. The molecule has 6 nitrogen and oxygen atoms in total. The summed E-state index contributed by atoms with van der Waals surface area (Å²) in [5.74, 6) is -1.39. The van der Waals surface area contributed by atoms with E-state index in [4.69, 9.17) is 0 Å². The largest absolute Gasteiger partial charge is 0.386 e. The number of hydrogen-bond donors (Lipinski definition) is 3. The van der Waals surface area contributed by atoms with Crippen molar-refractivity contribution in [2.45, 2.75) is 13.0 Å². The number of nitrogens with zero attached hydrogens (tertiary/aromatic N) is 2. The van der Waals surface area contributed by atoms with Crippen LogP contribution in [0.3, 0.4) is 0 Å². The minimum atomic E-state index is -1.49. The number of aromatic nitrogens is 2. The van der Waals surface area contributed by atoms with Crippen molar-refractivity contribution < 1.29 is 18.7 Å².